The van der Waals surface area contributed by atoms with E-state index in [-0.39, 0.29) is 11.6 Å². The topological polar surface area (TPSA) is 35.5 Å². The average Bonchev–Trinajstić information content (AvgIpc) is 3.10. The van der Waals surface area contributed by atoms with Crippen LogP contribution in [0.4, 0.5) is 0 Å². The Balaban J connectivity index is 1.94. The summed E-state index contributed by atoms with van der Waals surface area (Å²) < 4.78 is 25.9. The molecular weight excluding hydrogens is 331 g/mol. The van der Waals surface area contributed by atoms with E-state index >= 15 is 0 Å². The van der Waals surface area contributed by atoms with Gasteiger partial charge in [-0.25, -0.2) is 0 Å². The number of hydrogen-bond acceptors (Lipinski definition) is 3. The standard InChI is InChI=1S/C21H27O3P/c1-17(21(3)23-14-15-24-21)16-18(2)25(22,19-10-6-4-7-11-19)20-12-8-5-9-13-20/h4-13,17-18H,14-16H2,1-3H3. The molecule has 1 aliphatic heterocycles. The second-order valence-electron chi connectivity index (χ2n) is 7.03. The van der Waals surface area contributed by atoms with Gasteiger partial charge in [-0.3, -0.25) is 0 Å². The minimum absolute atomic E-state index is 0.00285. The smallest absolute Gasteiger partial charge is 0.168 e. The summed E-state index contributed by atoms with van der Waals surface area (Å²) in [4.78, 5) is 0. The molecule has 2 unspecified atom stereocenters. The summed E-state index contributed by atoms with van der Waals surface area (Å²) in [7, 11) is -2.75. The summed E-state index contributed by atoms with van der Waals surface area (Å²) in [6.45, 7) is 7.47. The lowest BCUT2D eigenvalue weighted by atomic mass is 9.97. The highest BCUT2D eigenvalue weighted by atomic mass is 31.2. The number of benzene rings is 2. The molecule has 0 saturated carbocycles. The summed E-state index contributed by atoms with van der Waals surface area (Å²) in [6.07, 6.45) is 0.775. The van der Waals surface area contributed by atoms with Crippen LogP contribution in [0.5, 0.6) is 0 Å². The number of ether oxygens (including phenoxy) is 2. The highest BCUT2D eigenvalue weighted by molar-refractivity contribution is 7.79. The minimum Gasteiger partial charge on any atom is -0.348 e. The van der Waals surface area contributed by atoms with Crippen molar-refractivity contribution in [2.75, 3.05) is 13.2 Å². The Morgan fingerprint density at radius 3 is 1.80 bits per heavy atom. The molecule has 134 valence electrons. The Morgan fingerprint density at radius 2 is 1.36 bits per heavy atom. The predicted octanol–water partition coefficient (Wildman–Crippen LogP) is 4.18. The molecule has 2 aromatic carbocycles. The first-order chi connectivity index (χ1) is 12.0. The monoisotopic (exact) mass is 358 g/mol. The fourth-order valence-electron chi connectivity index (χ4n) is 3.65. The van der Waals surface area contributed by atoms with Crippen molar-refractivity contribution in [2.45, 2.75) is 38.6 Å². The van der Waals surface area contributed by atoms with Crippen LogP contribution in [0.15, 0.2) is 60.7 Å². The molecule has 0 N–H and O–H groups in total. The van der Waals surface area contributed by atoms with Gasteiger partial charge in [0.2, 0.25) is 0 Å². The van der Waals surface area contributed by atoms with Gasteiger partial charge in [-0.15, -0.1) is 0 Å². The summed E-state index contributed by atoms with van der Waals surface area (Å²) in [5.74, 6) is -0.419. The third-order valence-electron chi connectivity index (χ3n) is 5.35. The Morgan fingerprint density at radius 1 is 0.920 bits per heavy atom. The van der Waals surface area contributed by atoms with Gasteiger partial charge in [-0.05, 0) is 13.3 Å². The highest BCUT2D eigenvalue weighted by Crippen LogP contribution is 2.51. The first kappa shape index (κ1) is 18.4. The van der Waals surface area contributed by atoms with Crippen LogP contribution in [0.25, 0.3) is 0 Å². The Bertz CT molecular complexity index is 680. The van der Waals surface area contributed by atoms with Crippen LogP contribution in [0.3, 0.4) is 0 Å². The van der Waals surface area contributed by atoms with Gasteiger partial charge in [0.15, 0.2) is 5.79 Å². The van der Waals surface area contributed by atoms with E-state index in [2.05, 4.69) is 13.8 Å². The first-order valence-electron chi connectivity index (χ1n) is 8.95. The molecular formula is C21H27O3P. The third kappa shape index (κ3) is 3.60. The second kappa shape index (κ2) is 7.45. The minimum atomic E-state index is -2.75. The van der Waals surface area contributed by atoms with Crippen LogP contribution < -0.4 is 10.6 Å². The molecule has 4 heteroatoms. The lowest BCUT2D eigenvalue weighted by Crippen LogP contribution is -2.37. The molecule has 0 aliphatic carbocycles. The number of rotatable bonds is 6. The largest absolute Gasteiger partial charge is 0.348 e. The Labute approximate surface area is 150 Å². The predicted molar refractivity (Wildman–Crippen MR) is 103 cm³/mol. The summed E-state index contributed by atoms with van der Waals surface area (Å²) in [5, 5.41) is 1.83. The molecule has 3 rings (SSSR count). The fourth-order valence-corrected chi connectivity index (χ4v) is 6.81. The van der Waals surface area contributed by atoms with Crippen LogP contribution in [-0.2, 0) is 14.0 Å². The van der Waals surface area contributed by atoms with Crippen molar-refractivity contribution in [3.8, 4) is 0 Å². The quantitative estimate of drug-likeness (QED) is 0.727. The van der Waals surface area contributed by atoms with E-state index in [4.69, 9.17) is 9.47 Å². The fraction of sp³-hybridized carbons (Fsp3) is 0.429. The molecule has 1 heterocycles. The summed E-state index contributed by atoms with van der Waals surface area (Å²) in [6, 6.07) is 19.7. The van der Waals surface area contributed by atoms with Crippen molar-refractivity contribution < 1.29 is 14.0 Å². The first-order valence-corrected chi connectivity index (χ1v) is 10.7. The van der Waals surface area contributed by atoms with E-state index in [1.807, 2.05) is 67.6 Å². The average molecular weight is 358 g/mol. The molecule has 0 bridgehead atoms. The zero-order valence-corrected chi connectivity index (χ0v) is 16.1. The molecule has 1 fully saturated rings. The van der Waals surface area contributed by atoms with E-state index in [1.54, 1.807) is 0 Å². The van der Waals surface area contributed by atoms with Crippen LogP contribution in [-0.4, -0.2) is 24.7 Å². The highest BCUT2D eigenvalue weighted by Gasteiger charge is 2.41. The number of hydrogen-bond donors (Lipinski definition) is 0. The summed E-state index contributed by atoms with van der Waals surface area (Å²) >= 11 is 0. The van der Waals surface area contributed by atoms with Crippen LogP contribution >= 0.6 is 7.14 Å². The van der Waals surface area contributed by atoms with Gasteiger partial charge in [-0.1, -0.05) is 74.5 Å². The second-order valence-corrected chi connectivity index (χ2v) is 10.3. The van der Waals surface area contributed by atoms with Gasteiger partial charge in [0.05, 0.1) is 13.2 Å². The molecule has 0 aromatic heterocycles. The van der Waals surface area contributed by atoms with E-state index in [0.29, 0.717) is 13.2 Å². The van der Waals surface area contributed by atoms with E-state index < -0.39 is 12.9 Å². The van der Waals surface area contributed by atoms with Crippen molar-refractivity contribution in [2.24, 2.45) is 5.92 Å². The molecule has 1 aliphatic rings. The Kier molecular flexibility index (Phi) is 5.48. The normalized spacial score (nSPS) is 19.5. The molecule has 3 nitrogen and oxygen atoms in total. The van der Waals surface area contributed by atoms with Crippen LogP contribution in [0.2, 0.25) is 0 Å². The van der Waals surface area contributed by atoms with Crippen molar-refractivity contribution >= 4 is 17.8 Å². The van der Waals surface area contributed by atoms with Crippen molar-refractivity contribution in [3.63, 3.8) is 0 Å². The lowest BCUT2D eigenvalue weighted by Gasteiger charge is -2.34. The SMILES string of the molecule is CC(CC(C)P(=O)(c1ccccc1)c1ccccc1)C1(C)OCCO1. The Hall–Kier alpha value is -1.41. The molecule has 25 heavy (non-hydrogen) atoms. The zero-order valence-electron chi connectivity index (χ0n) is 15.2. The van der Waals surface area contributed by atoms with Gasteiger partial charge in [-0.2, -0.15) is 0 Å². The van der Waals surface area contributed by atoms with E-state index in [9.17, 15) is 4.57 Å². The van der Waals surface area contributed by atoms with E-state index in [0.717, 1.165) is 17.0 Å². The van der Waals surface area contributed by atoms with Crippen LogP contribution in [0.1, 0.15) is 27.2 Å². The summed E-state index contributed by atoms with van der Waals surface area (Å²) in [5.41, 5.74) is -0.00285. The van der Waals surface area contributed by atoms with Crippen LogP contribution in [0, 0.1) is 5.92 Å². The van der Waals surface area contributed by atoms with E-state index in [1.165, 1.54) is 0 Å². The van der Waals surface area contributed by atoms with Gasteiger partial charge >= 0.3 is 0 Å². The van der Waals surface area contributed by atoms with Crippen molar-refractivity contribution in [3.05, 3.63) is 60.7 Å². The molecule has 0 radical (unpaired) electrons. The van der Waals surface area contributed by atoms with Crippen molar-refractivity contribution in [1.82, 2.24) is 0 Å². The molecule has 1 saturated heterocycles. The molecule has 2 aromatic rings. The molecule has 0 amide bonds. The zero-order chi connectivity index (χ0) is 17.9. The molecule has 0 spiro atoms. The third-order valence-corrected chi connectivity index (χ3v) is 8.93. The maximum absolute atomic E-state index is 14.3. The van der Waals surface area contributed by atoms with Gasteiger partial charge in [0.1, 0.15) is 7.14 Å². The maximum Gasteiger partial charge on any atom is 0.168 e. The van der Waals surface area contributed by atoms with Gasteiger partial charge in [0.25, 0.3) is 0 Å². The molecule has 2 atom stereocenters. The van der Waals surface area contributed by atoms with Gasteiger partial charge < -0.3 is 14.0 Å². The van der Waals surface area contributed by atoms with Crippen molar-refractivity contribution in [1.29, 1.82) is 0 Å². The maximum atomic E-state index is 14.3. The lowest BCUT2D eigenvalue weighted by molar-refractivity contribution is -0.178. The van der Waals surface area contributed by atoms with Gasteiger partial charge in [0, 0.05) is 22.2 Å².